The number of hydrogen-bond donors (Lipinski definition) is 1. The van der Waals surface area contributed by atoms with Gasteiger partial charge < -0.3 is 14.6 Å². The van der Waals surface area contributed by atoms with E-state index in [1.54, 1.807) is 11.2 Å². The van der Waals surface area contributed by atoms with E-state index >= 15 is 0 Å². The molecule has 6 heteroatoms. The van der Waals surface area contributed by atoms with Gasteiger partial charge in [-0.3, -0.25) is 14.5 Å². The Morgan fingerprint density at radius 2 is 1.96 bits per heavy atom. The lowest BCUT2D eigenvalue weighted by Crippen LogP contribution is -2.39. The average molecular weight is 381 g/mol. The zero-order chi connectivity index (χ0) is 19.5. The maximum atomic E-state index is 12.8. The molecular formula is C22H27N3O3. The summed E-state index contributed by atoms with van der Waals surface area (Å²) >= 11 is 0. The van der Waals surface area contributed by atoms with Gasteiger partial charge in [-0.05, 0) is 57.1 Å². The van der Waals surface area contributed by atoms with Gasteiger partial charge >= 0.3 is 0 Å². The van der Waals surface area contributed by atoms with E-state index in [9.17, 15) is 9.59 Å². The van der Waals surface area contributed by atoms with Gasteiger partial charge in [-0.25, -0.2) is 0 Å². The van der Waals surface area contributed by atoms with Crippen LogP contribution < -0.4 is 10.2 Å². The molecule has 2 fully saturated rings. The van der Waals surface area contributed by atoms with Gasteiger partial charge in [0.25, 0.3) is 0 Å². The zero-order valence-electron chi connectivity index (χ0n) is 16.3. The second kappa shape index (κ2) is 8.19. The maximum absolute atomic E-state index is 12.8. The molecule has 0 spiro atoms. The molecule has 4 rings (SSSR count). The van der Waals surface area contributed by atoms with Crippen LogP contribution in [0.2, 0.25) is 0 Å². The molecule has 2 amide bonds. The van der Waals surface area contributed by atoms with Crippen molar-refractivity contribution < 1.29 is 14.0 Å². The number of nitrogens with one attached hydrogen (secondary N) is 1. The Kier molecular flexibility index (Phi) is 5.48. The summed E-state index contributed by atoms with van der Waals surface area (Å²) < 4.78 is 5.61. The molecule has 2 aliphatic heterocycles. The number of furan rings is 1. The smallest absolute Gasteiger partial charge is 0.227 e. The average Bonchev–Trinajstić information content (AvgIpc) is 3.45. The maximum Gasteiger partial charge on any atom is 0.227 e. The number of amides is 2. The third kappa shape index (κ3) is 3.97. The van der Waals surface area contributed by atoms with Gasteiger partial charge in [-0.1, -0.05) is 17.7 Å². The minimum absolute atomic E-state index is 0.00568. The molecule has 2 saturated heterocycles. The highest BCUT2D eigenvalue weighted by Crippen LogP contribution is 2.27. The van der Waals surface area contributed by atoms with Gasteiger partial charge in [0, 0.05) is 25.2 Å². The lowest BCUT2D eigenvalue weighted by molar-refractivity contribution is -0.126. The van der Waals surface area contributed by atoms with Crippen molar-refractivity contribution in [3.05, 3.63) is 54.0 Å². The van der Waals surface area contributed by atoms with Crippen LogP contribution in [0.3, 0.4) is 0 Å². The van der Waals surface area contributed by atoms with Crippen molar-refractivity contribution in [1.29, 1.82) is 0 Å². The first-order chi connectivity index (χ1) is 13.6. The number of carbonyl (C=O) groups excluding carboxylic acids is 2. The van der Waals surface area contributed by atoms with Gasteiger partial charge in [0.05, 0.1) is 18.2 Å². The molecule has 0 radical (unpaired) electrons. The molecule has 6 nitrogen and oxygen atoms in total. The molecule has 2 atom stereocenters. The number of carbonyl (C=O) groups is 2. The number of anilines is 1. The molecule has 0 saturated carbocycles. The largest absolute Gasteiger partial charge is 0.468 e. The second-order valence-corrected chi connectivity index (χ2v) is 7.76. The van der Waals surface area contributed by atoms with Crippen LogP contribution in [0.4, 0.5) is 5.69 Å². The summed E-state index contributed by atoms with van der Waals surface area (Å²) in [5, 5.41) is 3.07. The number of hydrogen-bond acceptors (Lipinski definition) is 4. The van der Waals surface area contributed by atoms with Crippen LogP contribution >= 0.6 is 0 Å². The molecule has 3 heterocycles. The minimum atomic E-state index is -0.315. The first kappa shape index (κ1) is 18.7. The van der Waals surface area contributed by atoms with Gasteiger partial charge in [-0.15, -0.1) is 0 Å². The number of nitrogens with zero attached hydrogens (tertiary/aromatic N) is 2. The SMILES string of the molecule is Cc1ccc(N2CC(C(=O)NCC(c3ccco3)N3CCCC3)CC2=O)cc1. The van der Waals surface area contributed by atoms with Crippen molar-refractivity contribution in [3.8, 4) is 0 Å². The van der Waals surface area contributed by atoms with Crippen LogP contribution in [0.15, 0.2) is 47.1 Å². The van der Waals surface area contributed by atoms with E-state index in [-0.39, 0.29) is 30.2 Å². The molecule has 28 heavy (non-hydrogen) atoms. The van der Waals surface area contributed by atoms with E-state index in [1.807, 2.05) is 43.3 Å². The normalized spacial score (nSPS) is 21.2. The number of rotatable bonds is 6. The Balaban J connectivity index is 1.38. The second-order valence-electron chi connectivity index (χ2n) is 7.76. The van der Waals surface area contributed by atoms with Crippen molar-refractivity contribution in [3.63, 3.8) is 0 Å². The molecule has 1 aromatic heterocycles. The fourth-order valence-corrected chi connectivity index (χ4v) is 4.14. The molecule has 0 bridgehead atoms. The number of benzene rings is 1. The highest BCUT2D eigenvalue weighted by molar-refractivity contribution is 6.00. The summed E-state index contributed by atoms with van der Waals surface area (Å²) in [6, 6.07) is 11.7. The van der Waals surface area contributed by atoms with Crippen molar-refractivity contribution >= 4 is 17.5 Å². The Morgan fingerprint density at radius 1 is 1.21 bits per heavy atom. The van der Waals surface area contributed by atoms with Gasteiger partial charge in [0.15, 0.2) is 0 Å². The van der Waals surface area contributed by atoms with Crippen LogP contribution in [0.5, 0.6) is 0 Å². The highest BCUT2D eigenvalue weighted by Gasteiger charge is 2.35. The summed E-state index contributed by atoms with van der Waals surface area (Å²) in [4.78, 5) is 29.3. The van der Waals surface area contributed by atoms with Crippen molar-refractivity contribution in [2.45, 2.75) is 32.2 Å². The molecular weight excluding hydrogens is 354 g/mol. The monoisotopic (exact) mass is 381 g/mol. The van der Waals surface area contributed by atoms with Crippen LogP contribution in [0, 0.1) is 12.8 Å². The first-order valence-electron chi connectivity index (χ1n) is 10.0. The van der Waals surface area contributed by atoms with Crippen LogP contribution in [0.1, 0.15) is 36.6 Å². The first-order valence-corrected chi connectivity index (χ1v) is 10.0. The summed E-state index contributed by atoms with van der Waals surface area (Å²) in [6.07, 6.45) is 4.28. The molecule has 2 aromatic rings. The standard InChI is InChI=1S/C22H27N3O3/c1-16-6-8-18(9-7-16)25-15-17(13-21(25)26)22(27)23-14-19(20-5-4-12-28-20)24-10-2-3-11-24/h4-9,12,17,19H,2-3,10-11,13-15H2,1H3,(H,23,27). The van der Waals surface area contributed by atoms with Crippen molar-refractivity contribution in [2.75, 3.05) is 31.1 Å². The molecule has 0 aliphatic carbocycles. The van der Waals surface area contributed by atoms with Gasteiger partial charge in [-0.2, -0.15) is 0 Å². The van der Waals surface area contributed by atoms with Gasteiger partial charge in [0.1, 0.15) is 5.76 Å². The molecule has 1 aromatic carbocycles. The third-order valence-corrected chi connectivity index (χ3v) is 5.76. The topological polar surface area (TPSA) is 65.8 Å². The zero-order valence-corrected chi connectivity index (χ0v) is 16.3. The lowest BCUT2D eigenvalue weighted by atomic mass is 10.1. The summed E-state index contributed by atoms with van der Waals surface area (Å²) in [5.41, 5.74) is 2.01. The Bertz CT molecular complexity index is 810. The van der Waals surface area contributed by atoms with Gasteiger partial charge in [0.2, 0.25) is 11.8 Å². The predicted octanol–water partition coefficient (Wildman–Crippen LogP) is 2.89. The highest BCUT2D eigenvalue weighted by atomic mass is 16.3. The Hall–Kier alpha value is -2.60. The summed E-state index contributed by atoms with van der Waals surface area (Å²) in [7, 11) is 0. The lowest BCUT2D eigenvalue weighted by Gasteiger charge is -2.26. The fraction of sp³-hybridized carbons (Fsp3) is 0.455. The summed E-state index contributed by atoms with van der Waals surface area (Å²) in [6.45, 7) is 4.99. The van der Waals surface area contributed by atoms with E-state index in [2.05, 4.69) is 10.2 Å². The summed E-state index contributed by atoms with van der Waals surface area (Å²) in [5.74, 6) is 0.514. The van der Waals surface area contributed by atoms with E-state index < -0.39 is 0 Å². The number of likely N-dealkylation sites (tertiary alicyclic amines) is 1. The third-order valence-electron chi connectivity index (χ3n) is 5.76. The molecule has 2 unspecified atom stereocenters. The molecule has 148 valence electrons. The van der Waals surface area contributed by atoms with Crippen LogP contribution in [-0.2, 0) is 9.59 Å². The minimum Gasteiger partial charge on any atom is -0.468 e. The Labute approximate surface area is 165 Å². The Morgan fingerprint density at radius 3 is 2.64 bits per heavy atom. The van der Waals surface area contributed by atoms with Crippen LogP contribution in [-0.4, -0.2) is 42.9 Å². The van der Waals surface area contributed by atoms with Crippen molar-refractivity contribution in [1.82, 2.24) is 10.2 Å². The predicted molar refractivity (Wildman–Crippen MR) is 107 cm³/mol. The fourth-order valence-electron chi connectivity index (χ4n) is 4.14. The number of aryl methyl sites for hydroxylation is 1. The quantitative estimate of drug-likeness (QED) is 0.836. The van der Waals surface area contributed by atoms with E-state index in [4.69, 9.17) is 4.42 Å². The van der Waals surface area contributed by atoms with Crippen LogP contribution in [0.25, 0.3) is 0 Å². The molecule has 1 N–H and O–H groups in total. The molecule has 2 aliphatic rings. The van der Waals surface area contributed by atoms with E-state index in [0.717, 1.165) is 30.1 Å². The van der Waals surface area contributed by atoms with E-state index in [0.29, 0.717) is 13.1 Å². The van der Waals surface area contributed by atoms with E-state index in [1.165, 1.54) is 12.8 Å². The van der Waals surface area contributed by atoms with Crippen molar-refractivity contribution in [2.24, 2.45) is 5.92 Å².